The van der Waals surface area contributed by atoms with Gasteiger partial charge in [0.1, 0.15) is 0 Å². The van der Waals surface area contributed by atoms with Crippen molar-refractivity contribution in [3.05, 3.63) is 11.4 Å². The lowest BCUT2D eigenvalue weighted by atomic mass is 9.84. The van der Waals surface area contributed by atoms with Crippen molar-refractivity contribution in [2.45, 2.75) is 44.4 Å². The van der Waals surface area contributed by atoms with Crippen LogP contribution in [0.2, 0.25) is 0 Å². The fraction of sp³-hybridized carbons (Fsp3) is 0.667. The second-order valence-electron chi connectivity index (χ2n) is 4.87. The van der Waals surface area contributed by atoms with Gasteiger partial charge >= 0.3 is 12.0 Å². The standard InChI is InChI=1S/C12H17F2N3O2/c1-7-9(8-3-5-12(13,14)6-4-8)17(10(15)18)11(16-7)19-2/h8H,3-6H2,1-2H3,(H2,15,18). The molecule has 0 bridgehead atoms. The highest BCUT2D eigenvalue weighted by Crippen LogP contribution is 2.42. The Hall–Kier alpha value is -1.66. The van der Waals surface area contributed by atoms with E-state index in [-0.39, 0.29) is 24.8 Å². The molecule has 2 rings (SSSR count). The van der Waals surface area contributed by atoms with E-state index >= 15 is 0 Å². The molecule has 0 aromatic carbocycles. The molecule has 106 valence electrons. The number of aromatic nitrogens is 2. The second-order valence-corrected chi connectivity index (χ2v) is 4.87. The number of primary amides is 1. The van der Waals surface area contributed by atoms with Crippen molar-refractivity contribution >= 4 is 6.03 Å². The summed E-state index contributed by atoms with van der Waals surface area (Å²) in [6, 6.07) is -0.595. The number of amides is 1. The maximum Gasteiger partial charge on any atom is 0.327 e. The zero-order valence-corrected chi connectivity index (χ0v) is 10.9. The van der Waals surface area contributed by atoms with Crippen LogP contribution in [0.3, 0.4) is 0 Å². The van der Waals surface area contributed by atoms with E-state index in [0.29, 0.717) is 24.2 Å². The molecule has 0 aliphatic heterocycles. The molecular weight excluding hydrogens is 256 g/mol. The average molecular weight is 273 g/mol. The van der Waals surface area contributed by atoms with Crippen LogP contribution in [0.4, 0.5) is 13.6 Å². The number of methoxy groups -OCH3 is 1. The summed E-state index contributed by atoms with van der Waals surface area (Å²) in [6.45, 7) is 1.73. The minimum atomic E-state index is -2.61. The Balaban J connectivity index is 2.35. The van der Waals surface area contributed by atoms with Crippen LogP contribution in [-0.2, 0) is 0 Å². The number of nitrogens with zero attached hydrogens (tertiary/aromatic N) is 2. The molecule has 0 atom stereocenters. The molecule has 5 nitrogen and oxygen atoms in total. The van der Waals surface area contributed by atoms with Crippen LogP contribution in [0.5, 0.6) is 6.01 Å². The number of alkyl halides is 2. The third kappa shape index (κ3) is 2.54. The van der Waals surface area contributed by atoms with Crippen LogP contribution in [-0.4, -0.2) is 28.6 Å². The summed E-state index contributed by atoms with van der Waals surface area (Å²) in [6.07, 6.45) is 0.276. The Morgan fingerprint density at radius 1 is 1.47 bits per heavy atom. The van der Waals surface area contributed by atoms with Crippen molar-refractivity contribution in [3.63, 3.8) is 0 Å². The van der Waals surface area contributed by atoms with Crippen LogP contribution in [0.25, 0.3) is 0 Å². The molecule has 7 heteroatoms. The van der Waals surface area contributed by atoms with E-state index in [2.05, 4.69) is 4.98 Å². The van der Waals surface area contributed by atoms with Crippen LogP contribution < -0.4 is 10.5 Å². The van der Waals surface area contributed by atoms with E-state index in [1.54, 1.807) is 6.92 Å². The Morgan fingerprint density at radius 2 is 2.05 bits per heavy atom. The molecule has 0 spiro atoms. The van der Waals surface area contributed by atoms with E-state index in [1.165, 1.54) is 11.7 Å². The predicted molar refractivity (Wildman–Crippen MR) is 64.7 cm³/mol. The molecule has 1 saturated carbocycles. The largest absolute Gasteiger partial charge is 0.468 e. The summed E-state index contributed by atoms with van der Waals surface area (Å²) in [5.41, 5.74) is 6.52. The van der Waals surface area contributed by atoms with Gasteiger partial charge in [-0.15, -0.1) is 0 Å². The molecule has 1 fully saturated rings. The lowest BCUT2D eigenvalue weighted by Crippen LogP contribution is -2.28. The van der Waals surface area contributed by atoms with Crippen molar-refractivity contribution in [2.75, 3.05) is 7.11 Å². The topological polar surface area (TPSA) is 70.1 Å². The number of ether oxygens (including phenoxy) is 1. The third-order valence-corrected chi connectivity index (χ3v) is 3.57. The maximum absolute atomic E-state index is 13.2. The first kappa shape index (κ1) is 13.8. The van der Waals surface area contributed by atoms with Crippen LogP contribution >= 0.6 is 0 Å². The quantitative estimate of drug-likeness (QED) is 0.899. The van der Waals surface area contributed by atoms with Gasteiger partial charge in [0.2, 0.25) is 5.92 Å². The van der Waals surface area contributed by atoms with Crippen molar-refractivity contribution < 1.29 is 18.3 Å². The van der Waals surface area contributed by atoms with E-state index < -0.39 is 12.0 Å². The summed E-state index contributed by atoms with van der Waals surface area (Å²) in [7, 11) is 1.39. The molecule has 2 N–H and O–H groups in total. The highest BCUT2D eigenvalue weighted by Gasteiger charge is 2.38. The van der Waals surface area contributed by atoms with E-state index in [9.17, 15) is 13.6 Å². The number of carbonyl (C=O) groups excluding carboxylic acids is 1. The summed E-state index contributed by atoms with van der Waals surface area (Å²) in [4.78, 5) is 15.6. The summed E-state index contributed by atoms with van der Waals surface area (Å²) in [5, 5.41) is 0. The summed E-state index contributed by atoms with van der Waals surface area (Å²) in [5.74, 6) is -2.74. The molecule has 0 unspecified atom stereocenters. The molecule has 0 saturated heterocycles. The van der Waals surface area contributed by atoms with Gasteiger partial charge in [-0.25, -0.2) is 18.1 Å². The molecular formula is C12H17F2N3O2. The Kier molecular flexibility index (Phi) is 3.47. The number of halogens is 2. The van der Waals surface area contributed by atoms with E-state index in [1.807, 2.05) is 0 Å². The zero-order chi connectivity index (χ0) is 14.2. The van der Waals surface area contributed by atoms with Gasteiger partial charge < -0.3 is 10.5 Å². The number of rotatable bonds is 2. The van der Waals surface area contributed by atoms with Crippen molar-refractivity contribution in [1.29, 1.82) is 0 Å². The van der Waals surface area contributed by atoms with Gasteiger partial charge in [-0.2, -0.15) is 4.98 Å². The normalized spacial score (nSPS) is 19.4. The van der Waals surface area contributed by atoms with Crippen LogP contribution in [0, 0.1) is 6.92 Å². The van der Waals surface area contributed by atoms with Crippen LogP contribution in [0.1, 0.15) is 43.0 Å². The first-order chi connectivity index (χ1) is 8.85. The molecule has 1 aromatic rings. The van der Waals surface area contributed by atoms with E-state index in [4.69, 9.17) is 10.5 Å². The lowest BCUT2D eigenvalue weighted by molar-refractivity contribution is -0.0386. The minimum absolute atomic E-state index is 0.109. The van der Waals surface area contributed by atoms with Gasteiger partial charge in [-0.3, -0.25) is 0 Å². The zero-order valence-electron chi connectivity index (χ0n) is 10.9. The average Bonchev–Trinajstić information content (AvgIpc) is 2.66. The molecule has 1 amide bonds. The number of aryl methyl sites for hydroxylation is 1. The van der Waals surface area contributed by atoms with Gasteiger partial charge in [-0.05, 0) is 19.8 Å². The highest BCUT2D eigenvalue weighted by atomic mass is 19.3. The Morgan fingerprint density at radius 3 is 2.53 bits per heavy atom. The number of carbonyl (C=O) groups is 1. The Labute approximate surface area is 109 Å². The first-order valence-electron chi connectivity index (χ1n) is 6.16. The number of hydrogen-bond donors (Lipinski definition) is 1. The SMILES string of the molecule is COc1nc(C)c(C2CCC(F)(F)CC2)n1C(N)=O. The van der Waals surface area contributed by atoms with Gasteiger partial charge in [-0.1, -0.05) is 0 Å². The van der Waals surface area contributed by atoms with Crippen molar-refractivity contribution in [3.8, 4) is 6.01 Å². The second kappa shape index (κ2) is 4.79. The maximum atomic E-state index is 13.2. The van der Waals surface area contributed by atoms with Crippen LogP contribution in [0.15, 0.2) is 0 Å². The van der Waals surface area contributed by atoms with Crippen molar-refractivity contribution in [1.82, 2.24) is 9.55 Å². The number of hydrogen-bond acceptors (Lipinski definition) is 3. The first-order valence-corrected chi connectivity index (χ1v) is 6.16. The number of imidazole rings is 1. The smallest absolute Gasteiger partial charge is 0.327 e. The molecule has 1 aromatic heterocycles. The summed E-state index contributed by atoms with van der Waals surface area (Å²) < 4.78 is 32.6. The Bertz CT molecular complexity index is 489. The highest BCUT2D eigenvalue weighted by molar-refractivity contribution is 5.77. The van der Waals surface area contributed by atoms with Gasteiger partial charge in [0.15, 0.2) is 0 Å². The van der Waals surface area contributed by atoms with Crippen molar-refractivity contribution in [2.24, 2.45) is 5.73 Å². The van der Waals surface area contributed by atoms with Gasteiger partial charge in [0.25, 0.3) is 0 Å². The number of nitrogens with two attached hydrogens (primary N) is 1. The molecule has 1 heterocycles. The predicted octanol–water partition coefficient (Wildman–Crippen LogP) is 2.42. The van der Waals surface area contributed by atoms with E-state index in [0.717, 1.165) is 0 Å². The summed E-state index contributed by atoms with van der Waals surface area (Å²) >= 11 is 0. The third-order valence-electron chi connectivity index (χ3n) is 3.57. The molecule has 19 heavy (non-hydrogen) atoms. The molecule has 1 aliphatic rings. The van der Waals surface area contributed by atoms with Gasteiger partial charge in [0.05, 0.1) is 18.5 Å². The lowest BCUT2D eigenvalue weighted by Gasteiger charge is -2.28. The fourth-order valence-electron chi connectivity index (χ4n) is 2.66. The minimum Gasteiger partial charge on any atom is -0.468 e. The fourth-order valence-corrected chi connectivity index (χ4v) is 2.66. The molecule has 1 aliphatic carbocycles. The monoisotopic (exact) mass is 273 g/mol. The van der Waals surface area contributed by atoms with Gasteiger partial charge in [0, 0.05) is 18.8 Å². The molecule has 0 radical (unpaired) electrons.